The van der Waals surface area contributed by atoms with Gasteiger partial charge in [0, 0.05) is 37.2 Å². The van der Waals surface area contributed by atoms with E-state index in [1.807, 2.05) is 13.8 Å². The first kappa shape index (κ1) is 27.4. The number of aliphatic carboxylic acids is 1. The first-order chi connectivity index (χ1) is 17.3. The fourth-order valence-corrected chi connectivity index (χ4v) is 7.41. The Kier molecular flexibility index (Phi) is 7.62. The van der Waals surface area contributed by atoms with Crippen molar-refractivity contribution in [3.05, 3.63) is 22.3 Å². The van der Waals surface area contributed by atoms with Gasteiger partial charge >= 0.3 is 11.9 Å². The Morgan fingerprint density at radius 2 is 1.54 bits per heavy atom. The molecule has 8 nitrogen and oxygen atoms in total. The average molecular weight is 516 g/mol. The predicted octanol–water partition coefficient (Wildman–Crippen LogP) is 2.50. The highest BCUT2D eigenvalue weighted by molar-refractivity contribution is 5.81. The zero-order valence-corrected chi connectivity index (χ0v) is 22.9. The Balaban J connectivity index is 0.000000236. The molecule has 0 radical (unpaired) electrons. The number of carbonyl (C=O) groups is 3. The number of hydrogen-bond acceptors (Lipinski definition) is 7. The number of ether oxygens (including phenoxy) is 3. The summed E-state index contributed by atoms with van der Waals surface area (Å²) in [6, 6.07) is 0. The van der Waals surface area contributed by atoms with Crippen LogP contribution in [0.5, 0.6) is 11.5 Å². The molecule has 0 saturated heterocycles. The molecule has 1 unspecified atom stereocenters. The summed E-state index contributed by atoms with van der Waals surface area (Å²) < 4.78 is 16.3. The highest BCUT2D eigenvalue weighted by Gasteiger charge is 2.51. The minimum absolute atomic E-state index is 0.256. The molecule has 0 spiro atoms. The molecule has 204 valence electrons. The van der Waals surface area contributed by atoms with Crippen molar-refractivity contribution in [2.75, 3.05) is 7.11 Å². The molecule has 3 N–H and O–H groups in total. The van der Waals surface area contributed by atoms with Crippen molar-refractivity contribution >= 4 is 17.9 Å². The molecule has 6 rings (SSSR count). The molecule has 1 aromatic carbocycles. The van der Waals surface area contributed by atoms with Crippen molar-refractivity contribution < 1.29 is 39.4 Å². The lowest BCUT2D eigenvalue weighted by Crippen LogP contribution is -2.77. The van der Waals surface area contributed by atoms with Crippen LogP contribution in [0, 0.1) is 38.5 Å². The fourth-order valence-electron chi connectivity index (χ4n) is 7.41. The van der Waals surface area contributed by atoms with Crippen LogP contribution in [0.1, 0.15) is 87.0 Å². The van der Waals surface area contributed by atoms with E-state index >= 15 is 0 Å². The molecule has 0 aromatic heterocycles. The highest BCUT2D eigenvalue weighted by atomic mass is 16.6. The van der Waals surface area contributed by atoms with E-state index in [1.54, 1.807) is 33.1 Å². The molecule has 4 fully saturated rings. The van der Waals surface area contributed by atoms with Gasteiger partial charge in [0.15, 0.2) is 0 Å². The summed E-state index contributed by atoms with van der Waals surface area (Å²) in [5.74, 6) is 1.90. The van der Waals surface area contributed by atoms with Crippen molar-refractivity contribution in [3.63, 3.8) is 0 Å². The van der Waals surface area contributed by atoms with Crippen LogP contribution in [0.25, 0.3) is 0 Å². The smallest absolute Gasteiger partial charge is 0.349 e. The second-order valence-corrected chi connectivity index (χ2v) is 12.1. The molecule has 4 aliphatic carbocycles. The third-order valence-electron chi connectivity index (χ3n) is 9.02. The van der Waals surface area contributed by atoms with Crippen molar-refractivity contribution in [2.24, 2.45) is 17.8 Å². The van der Waals surface area contributed by atoms with Crippen LogP contribution in [0.15, 0.2) is 0 Å². The van der Waals surface area contributed by atoms with Crippen molar-refractivity contribution in [1.82, 2.24) is 0 Å². The molecule has 4 bridgehead atoms. The van der Waals surface area contributed by atoms with Gasteiger partial charge in [-0.3, -0.25) is 4.79 Å². The van der Waals surface area contributed by atoms with E-state index in [-0.39, 0.29) is 12.8 Å². The van der Waals surface area contributed by atoms with Crippen LogP contribution in [0.2, 0.25) is 0 Å². The average Bonchev–Trinajstić information content (AvgIpc) is 2.82. The third kappa shape index (κ3) is 5.64. The number of carbonyl (C=O) groups excluding carboxylic acids is 3. The first-order valence-electron chi connectivity index (χ1n) is 13.5. The number of esters is 2. The Labute approximate surface area is 219 Å². The summed E-state index contributed by atoms with van der Waals surface area (Å²) in [4.78, 5) is 34.5. The molecule has 4 saturated carbocycles. The SMILES string of the molecule is COC(=O)C1(C)CCc2c(C)c(OC(=O)CCC(=O)[O-])c(C)c(C)c2O1.[NH3+]C12CC3CC(CC(C3)C1)C2. The lowest BCUT2D eigenvalue weighted by molar-refractivity contribution is -0.504. The number of quaternary nitrogens is 1. The Hall–Kier alpha value is -2.61. The second kappa shape index (κ2) is 10.3. The van der Waals surface area contributed by atoms with Gasteiger partial charge in [0.2, 0.25) is 5.60 Å². The minimum atomic E-state index is -1.30. The van der Waals surface area contributed by atoms with Gasteiger partial charge in [0.05, 0.1) is 19.1 Å². The molecule has 37 heavy (non-hydrogen) atoms. The van der Waals surface area contributed by atoms with Crippen molar-refractivity contribution in [3.8, 4) is 11.5 Å². The maximum Gasteiger partial charge on any atom is 0.349 e. The van der Waals surface area contributed by atoms with E-state index in [0.29, 0.717) is 35.4 Å². The zero-order chi connectivity index (χ0) is 27.1. The number of carboxylic acid groups (broad SMARTS) is 1. The number of benzene rings is 1. The number of methoxy groups -OCH3 is 1. The van der Waals surface area contributed by atoms with Crippen LogP contribution in [-0.4, -0.2) is 36.2 Å². The monoisotopic (exact) mass is 515 g/mol. The van der Waals surface area contributed by atoms with Crippen molar-refractivity contribution in [2.45, 2.75) is 103 Å². The summed E-state index contributed by atoms with van der Waals surface area (Å²) in [7, 11) is 1.32. The molecule has 1 atom stereocenters. The number of hydrogen-bond donors (Lipinski definition) is 1. The van der Waals surface area contributed by atoms with Gasteiger partial charge in [0.1, 0.15) is 11.5 Å². The molecule has 8 heteroatoms. The lowest BCUT2D eigenvalue weighted by Gasteiger charge is -2.52. The summed E-state index contributed by atoms with van der Waals surface area (Å²) in [6.45, 7) is 7.13. The molecule has 1 heterocycles. The van der Waals surface area contributed by atoms with Crippen molar-refractivity contribution in [1.29, 1.82) is 0 Å². The largest absolute Gasteiger partial charge is 0.550 e. The molecular weight excluding hydrogens is 474 g/mol. The Bertz CT molecular complexity index is 1060. The van der Waals surface area contributed by atoms with Crippen LogP contribution in [0.4, 0.5) is 0 Å². The zero-order valence-electron chi connectivity index (χ0n) is 22.9. The molecule has 1 aliphatic heterocycles. The predicted molar refractivity (Wildman–Crippen MR) is 134 cm³/mol. The standard InChI is InChI=1S/C19H24O7.C10H17N/c1-10-11(2)17-13(8-9-19(4,26-17)18(23)24-5)12(3)16(10)25-15(22)7-6-14(20)21;11-10-4-7-1-8(5-10)3-9(2-7)6-10/h6-9H2,1-5H3,(H,20,21);7-9H,1-6,11H2. The maximum atomic E-state index is 12.0. The van der Waals surface area contributed by atoms with Crippen LogP contribution in [-0.2, 0) is 25.5 Å². The quantitative estimate of drug-likeness (QED) is 0.471. The number of carboxylic acids is 1. The van der Waals surface area contributed by atoms with Gasteiger partial charge in [-0.2, -0.15) is 0 Å². The summed E-state index contributed by atoms with van der Waals surface area (Å²) in [5, 5.41) is 10.5. The van der Waals surface area contributed by atoms with Gasteiger partial charge in [-0.05, 0) is 94.2 Å². The van der Waals surface area contributed by atoms with E-state index < -0.39 is 23.5 Å². The van der Waals surface area contributed by atoms with Gasteiger partial charge < -0.3 is 29.8 Å². The number of rotatable bonds is 5. The topological polar surface area (TPSA) is 130 Å². The van der Waals surface area contributed by atoms with Gasteiger partial charge in [-0.25, -0.2) is 4.79 Å². The molecule has 1 aromatic rings. The lowest BCUT2D eigenvalue weighted by atomic mass is 9.53. The van der Waals surface area contributed by atoms with Crippen LogP contribution < -0.4 is 20.3 Å². The van der Waals surface area contributed by atoms with Crippen LogP contribution in [0.3, 0.4) is 0 Å². The third-order valence-corrected chi connectivity index (χ3v) is 9.02. The molecule has 5 aliphatic rings. The maximum absolute atomic E-state index is 12.0. The van der Waals surface area contributed by atoms with E-state index in [9.17, 15) is 19.5 Å². The Morgan fingerprint density at radius 3 is 2.03 bits per heavy atom. The van der Waals surface area contributed by atoms with E-state index in [4.69, 9.17) is 14.2 Å². The van der Waals surface area contributed by atoms with Gasteiger partial charge in [-0.15, -0.1) is 0 Å². The summed E-state index contributed by atoms with van der Waals surface area (Å²) >= 11 is 0. The van der Waals surface area contributed by atoms with Crippen LogP contribution >= 0.6 is 0 Å². The Morgan fingerprint density at radius 1 is 0.973 bits per heavy atom. The summed E-state index contributed by atoms with van der Waals surface area (Å²) in [6.07, 6.45) is 9.39. The second-order valence-electron chi connectivity index (χ2n) is 12.1. The number of fused-ring (bicyclic) bond motifs is 1. The fraction of sp³-hybridized carbons (Fsp3) is 0.690. The van der Waals surface area contributed by atoms with Gasteiger partial charge in [-0.1, -0.05) is 0 Å². The normalized spacial score (nSPS) is 30.9. The minimum Gasteiger partial charge on any atom is -0.550 e. The van der Waals surface area contributed by atoms with Gasteiger partial charge in [0.25, 0.3) is 0 Å². The highest BCUT2D eigenvalue weighted by Crippen LogP contribution is 2.53. The summed E-state index contributed by atoms with van der Waals surface area (Å²) in [5.41, 5.74) is 7.01. The van der Waals surface area contributed by atoms with E-state index in [0.717, 1.165) is 34.4 Å². The van der Waals surface area contributed by atoms with E-state index in [2.05, 4.69) is 5.73 Å². The first-order valence-corrected chi connectivity index (χ1v) is 13.5. The van der Waals surface area contributed by atoms with E-state index in [1.165, 1.54) is 26.4 Å². The molecule has 0 amide bonds. The molecular formula is C29H41NO7.